The van der Waals surface area contributed by atoms with Gasteiger partial charge in [0.05, 0.1) is 11.3 Å². The lowest BCUT2D eigenvalue weighted by molar-refractivity contribution is 0.401. The van der Waals surface area contributed by atoms with E-state index in [4.69, 9.17) is 0 Å². The summed E-state index contributed by atoms with van der Waals surface area (Å²) < 4.78 is 24.8. The molecule has 0 saturated heterocycles. The van der Waals surface area contributed by atoms with Gasteiger partial charge in [-0.25, -0.2) is 18.1 Å². The lowest BCUT2D eigenvalue weighted by Gasteiger charge is -2.23. The van der Waals surface area contributed by atoms with E-state index in [1.807, 2.05) is 12.3 Å². The summed E-state index contributed by atoms with van der Waals surface area (Å²) in [5, 5.41) is 6.38. The Morgan fingerprint density at radius 3 is 2.61 bits per heavy atom. The molecule has 0 radical (unpaired) electrons. The number of hydrogen-bond donors (Lipinski definition) is 2. The van der Waals surface area contributed by atoms with Crippen LogP contribution in [0.2, 0.25) is 0 Å². The second-order valence-electron chi connectivity index (χ2n) is 4.72. The van der Waals surface area contributed by atoms with Crippen molar-refractivity contribution in [2.45, 2.75) is 32.7 Å². The Morgan fingerprint density at radius 2 is 2.11 bits per heavy atom. The summed E-state index contributed by atoms with van der Waals surface area (Å²) in [6.45, 7) is 6.72. The first-order valence-corrected chi connectivity index (χ1v) is 8.39. The third-order valence-electron chi connectivity index (χ3n) is 2.62. The van der Waals surface area contributed by atoms with E-state index in [1.54, 1.807) is 11.3 Å². The molecule has 1 rings (SSSR count). The van der Waals surface area contributed by atoms with Gasteiger partial charge in [0, 0.05) is 11.1 Å². The topological polar surface area (TPSA) is 71.1 Å². The highest BCUT2D eigenvalue weighted by Crippen LogP contribution is 2.23. The van der Waals surface area contributed by atoms with Crippen molar-refractivity contribution in [3.05, 3.63) is 16.1 Å². The Morgan fingerprint density at radius 1 is 1.44 bits per heavy atom. The van der Waals surface area contributed by atoms with Crippen molar-refractivity contribution >= 4 is 21.4 Å². The van der Waals surface area contributed by atoms with Crippen LogP contribution < -0.4 is 10.0 Å². The maximum Gasteiger partial charge on any atom is 0.211 e. The zero-order valence-electron chi connectivity index (χ0n) is 11.3. The number of hydrogen-bond acceptors (Lipinski definition) is 5. The molecule has 0 spiro atoms. The number of rotatable bonds is 7. The number of nitrogens with zero attached hydrogens (tertiary/aromatic N) is 1. The van der Waals surface area contributed by atoms with Crippen LogP contribution in [0.25, 0.3) is 0 Å². The van der Waals surface area contributed by atoms with Crippen LogP contribution in [0.1, 0.15) is 31.0 Å². The fourth-order valence-corrected chi connectivity index (χ4v) is 3.11. The van der Waals surface area contributed by atoms with Gasteiger partial charge in [-0.3, -0.25) is 0 Å². The molecule has 7 heteroatoms. The van der Waals surface area contributed by atoms with E-state index in [1.165, 1.54) is 7.05 Å². The normalized spacial score (nSPS) is 12.9. The standard InChI is InChI=1S/C11H21N3O2S2/c1-9-8-17-10(14-9)11(2,3)13-6-5-7-18(15,16)12-4/h8,12-13H,5-7H2,1-4H3. The van der Waals surface area contributed by atoms with E-state index in [-0.39, 0.29) is 11.3 Å². The van der Waals surface area contributed by atoms with Gasteiger partial charge in [0.2, 0.25) is 10.0 Å². The number of sulfonamides is 1. The van der Waals surface area contributed by atoms with E-state index < -0.39 is 10.0 Å². The average Bonchev–Trinajstić information content (AvgIpc) is 2.72. The van der Waals surface area contributed by atoms with Crippen LogP contribution in [0.15, 0.2) is 5.38 Å². The maximum atomic E-state index is 11.2. The van der Waals surface area contributed by atoms with Crippen LogP contribution in [0.4, 0.5) is 0 Å². The Balaban J connectivity index is 2.43. The molecule has 2 N–H and O–H groups in total. The fraction of sp³-hybridized carbons (Fsp3) is 0.727. The number of thiazole rings is 1. The van der Waals surface area contributed by atoms with Gasteiger partial charge in [-0.1, -0.05) is 0 Å². The molecule has 0 unspecified atom stereocenters. The molecule has 1 heterocycles. The molecule has 0 aliphatic carbocycles. The van der Waals surface area contributed by atoms with Gasteiger partial charge in [0.1, 0.15) is 5.01 Å². The van der Waals surface area contributed by atoms with E-state index in [0.717, 1.165) is 10.7 Å². The summed E-state index contributed by atoms with van der Waals surface area (Å²) in [4.78, 5) is 4.45. The van der Waals surface area contributed by atoms with E-state index in [2.05, 4.69) is 28.9 Å². The number of aromatic nitrogens is 1. The largest absolute Gasteiger partial charge is 0.306 e. The van der Waals surface area contributed by atoms with Crippen molar-refractivity contribution in [3.63, 3.8) is 0 Å². The second kappa shape index (κ2) is 6.10. The summed E-state index contributed by atoms with van der Waals surface area (Å²) in [6.07, 6.45) is 0.580. The first kappa shape index (κ1) is 15.6. The molecule has 0 atom stereocenters. The Bertz CT molecular complexity index is 480. The third kappa shape index (κ3) is 4.64. The molecule has 0 saturated carbocycles. The van der Waals surface area contributed by atoms with Crippen molar-refractivity contribution in [3.8, 4) is 0 Å². The molecular formula is C11H21N3O2S2. The zero-order valence-corrected chi connectivity index (χ0v) is 12.9. The molecule has 0 aliphatic rings. The summed E-state index contributed by atoms with van der Waals surface area (Å²) in [5.74, 6) is 0.142. The van der Waals surface area contributed by atoms with Crippen molar-refractivity contribution in [1.29, 1.82) is 0 Å². The first-order valence-electron chi connectivity index (χ1n) is 5.86. The lowest BCUT2D eigenvalue weighted by atomic mass is 10.1. The summed E-state index contributed by atoms with van der Waals surface area (Å²) in [6, 6.07) is 0. The van der Waals surface area contributed by atoms with Gasteiger partial charge >= 0.3 is 0 Å². The van der Waals surface area contributed by atoms with Crippen LogP contribution in [0.3, 0.4) is 0 Å². The highest BCUT2D eigenvalue weighted by molar-refractivity contribution is 7.89. The lowest BCUT2D eigenvalue weighted by Crippen LogP contribution is -2.38. The smallest absolute Gasteiger partial charge is 0.211 e. The first-order chi connectivity index (χ1) is 8.27. The minimum absolute atomic E-state index is 0.142. The Hall–Kier alpha value is -0.500. The van der Waals surface area contributed by atoms with Crippen LogP contribution in [0.5, 0.6) is 0 Å². The molecule has 5 nitrogen and oxygen atoms in total. The highest BCUT2D eigenvalue weighted by atomic mass is 32.2. The quantitative estimate of drug-likeness (QED) is 0.741. The van der Waals surface area contributed by atoms with Crippen molar-refractivity contribution in [2.75, 3.05) is 19.3 Å². The minimum Gasteiger partial charge on any atom is -0.306 e. The number of nitrogens with one attached hydrogen (secondary N) is 2. The van der Waals surface area contributed by atoms with E-state index >= 15 is 0 Å². The Kier molecular flexibility index (Phi) is 5.27. The maximum absolute atomic E-state index is 11.2. The van der Waals surface area contributed by atoms with Gasteiger partial charge < -0.3 is 5.32 Å². The predicted octanol–water partition coefficient (Wildman–Crippen LogP) is 1.22. The highest BCUT2D eigenvalue weighted by Gasteiger charge is 2.23. The van der Waals surface area contributed by atoms with Crippen molar-refractivity contribution in [1.82, 2.24) is 15.0 Å². The second-order valence-corrected chi connectivity index (χ2v) is 7.63. The predicted molar refractivity (Wildman–Crippen MR) is 75.3 cm³/mol. The molecule has 0 bridgehead atoms. The van der Waals surface area contributed by atoms with Crippen molar-refractivity contribution in [2.24, 2.45) is 0 Å². The molecule has 18 heavy (non-hydrogen) atoms. The van der Waals surface area contributed by atoms with Gasteiger partial charge in [-0.15, -0.1) is 11.3 Å². The molecule has 0 fully saturated rings. The van der Waals surface area contributed by atoms with E-state index in [9.17, 15) is 8.42 Å². The Labute approximate surface area is 113 Å². The molecule has 1 aromatic heterocycles. The summed E-state index contributed by atoms with van der Waals surface area (Å²) in [7, 11) is -1.67. The minimum atomic E-state index is -3.10. The third-order valence-corrected chi connectivity index (χ3v) is 5.35. The van der Waals surface area contributed by atoms with Crippen LogP contribution in [-0.4, -0.2) is 32.7 Å². The number of aryl methyl sites for hydroxylation is 1. The average molecular weight is 291 g/mol. The van der Waals surface area contributed by atoms with Gasteiger partial charge in [-0.05, 0) is 40.8 Å². The van der Waals surface area contributed by atoms with Gasteiger partial charge in [0.25, 0.3) is 0 Å². The van der Waals surface area contributed by atoms with Crippen LogP contribution in [0, 0.1) is 6.92 Å². The van der Waals surface area contributed by atoms with Crippen LogP contribution >= 0.6 is 11.3 Å². The molecular weight excluding hydrogens is 270 g/mol. The molecule has 0 aliphatic heterocycles. The van der Waals surface area contributed by atoms with Crippen LogP contribution in [-0.2, 0) is 15.6 Å². The molecule has 1 aromatic rings. The summed E-state index contributed by atoms with van der Waals surface area (Å²) in [5.41, 5.74) is 0.796. The molecule has 0 amide bonds. The molecule has 104 valence electrons. The summed E-state index contributed by atoms with van der Waals surface area (Å²) >= 11 is 1.62. The zero-order chi connectivity index (χ0) is 13.8. The fourth-order valence-electron chi connectivity index (χ4n) is 1.48. The monoisotopic (exact) mass is 291 g/mol. The van der Waals surface area contributed by atoms with Crippen molar-refractivity contribution < 1.29 is 8.42 Å². The molecule has 0 aromatic carbocycles. The SMILES string of the molecule is CNS(=O)(=O)CCCNC(C)(C)c1nc(C)cs1. The van der Waals surface area contributed by atoms with E-state index in [0.29, 0.717) is 13.0 Å². The van der Waals surface area contributed by atoms with Gasteiger partial charge in [0.15, 0.2) is 0 Å². The van der Waals surface area contributed by atoms with Gasteiger partial charge in [-0.2, -0.15) is 0 Å².